The van der Waals surface area contributed by atoms with Crippen molar-refractivity contribution < 1.29 is 33.4 Å². The van der Waals surface area contributed by atoms with E-state index in [1.807, 2.05) is 13.8 Å². The number of fused-ring (bicyclic) bond motifs is 1. The van der Waals surface area contributed by atoms with Crippen LogP contribution in [0.1, 0.15) is 49.9 Å². The van der Waals surface area contributed by atoms with Crippen LogP contribution >= 0.6 is 0 Å². The molecule has 0 radical (unpaired) electrons. The molecule has 222 valence electrons. The summed E-state index contributed by atoms with van der Waals surface area (Å²) in [6, 6.07) is 12.1. The minimum atomic E-state index is -1.01. The Bertz CT molecular complexity index is 1170. The molecule has 2 aromatic carbocycles. The Morgan fingerprint density at radius 3 is 2.51 bits per heavy atom. The predicted octanol–water partition coefficient (Wildman–Crippen LogP) is 2.20. The lowest BCUT2D eigenvalue weighted by atomic mass is 10.0. The fourth-order valence-corrected chi connectivity index (χ4v) is 4.26. The third-order valence-corrected chi connectivity index (χ3v) is 6.38. The number of nitrogens with one attached hydrogen (secondary N) is 4. The van der Waals surface area contributed by atoms with Crippen molar-refractivity contribution in [3.05, 3.63) is 54.1 Å². The molecular weight excluding hydrogens is 528 g/mol. The van der Waals surface area contributed by atoms with Crippen molar-refractivity contribution in [1.82, 2.24) is 21.3 Å². The van der Waals surface area contributed by atoms with Crippen molar-refractivity contribution in [3.8, 4) is 17.2 Å². The number of ether oxygens (including phenoxy) is 3. The first-order valence-electron chi connectivity index (χ1n) is 13.9. The van der Waals surface area contributed by atoms with E-state index in [1.54, 1.807) is 55.6 Å². The Kier molecular flexibility index (Phi) is 12.3. The van der Waals surface area contributed by atoms with E-state index >= 15 is 0 Å². The zero-order valence-corrected chi connectivity index (χ0v) is 23.9. The molecule has 4 amide bonds. The molecule has 41 heavy (non-hydrogen) atoms. The Morgan fingerprint density at radius 2 is 1.78 bits per heavy atom. The van der Waals surface area contributed by atoms with Crippen LogP contribution in [0.5, 0.6) is 17.2 Å². The third-order valence-electron chi connectivity index (χ3n) is 6.38. The van der Waals surface area contributed by atoms with Crippen LogP contribution in [-0.4, -0.2) is 69.1 Å². The summed E-state index contributed by atoms with van der Waals surface area (Å²) in [5, 5.41) is 11.2. The van der Waals surface area contributed by atoms with E-state index < -0.39 is 23.9 Å². The second-order valence-electron chi connectivity index (χ2n) is 10.1. The monoisotopic (exact) mass is 568 g/mol. The van der Waals surface area contributed by atoms with Gasteiger partial charge in [0.2, 0.25) is 17.7 Å². The zero-order chi connectivity index (χ0) is 29.6. The predicted molar refractivity (Wildman–Crippen MR) is 153 cm³/mol. The summed E-state index contributed by atoms with van der Waals surface area (Å²) < 4.78 is 16.6. The summed E-state index contributed by atoms with van der Waals surface area (Å²) in [5.41, 5.74) is 0.269. The van der Waals surface area contributed by atoms with Crippen molar-refractivity contribution >= 4 is 23.6 Å². The van der Waals surface area contributed by atoms with Crippen molar-refractivity contribution in [3.63, 3.8) is 0 Å². The number of amides is 4. The Labute approximate surface area is 240 Å². The van der Waals surface area contributed by atoms with Crippen molar-refractivity contribution in [2.45, 2.75) is 51.6 Å². The summed E-state index contributed by atoms with van der Waals surface area (Å²) in [6.07, 6.45) is 0.937. The smallest absolute Gasteiger partial charge is 0.255 e. The molecule has 11 heteroatoms. The molecule has 0 saturated heterocycles. The van der Waals surface area contributed by atoms with E-state index in [2.05, 4.69) is 21.3 Å². The van der Waals surface area contributed by atoms with Crippen LogP contribution in [0.3, 0.4) is 0 Å². The average molecular weight is 569 g/mol. The van der Waals surface area contributed by atoms with Gasteiger partial charge < -0.3 is 35.5 Å². The number of para-hydroxylation sites is 1. The lowest BCUT2D eigenvalue weighted by molar-refractivity contribution is -0.129. The molecule has 0 fully saturated rings. The fourth-order valence-electron chi connectivity index (χ4n) is 4.26. The van der Waals surface area contributed by atoms with E-state index in [1.165, 1.54) is 0 Å². The maximum atomic E-state index is 13.2. The molecule has 0 bridgehead atoms. The molecule has 11 nitrogen and oxygen atoms in total. The normalized spacial score (nSPS) is 18.7. The van der Waals surface area contributed by atoms with Gasteiger partial charge in [0.05, 0.1) is 25.8 Å². The third kappa shape index (κ3) is 10.3. The molecule has 0 spiro atoms. The van der Waals surface area contributed by atoms with E-state index in [-0.39, 0.29) is 55.9 Å². The van der Waals surface area contributed by atoms with Crippen molar-refractivity contribution in [2.24, 2.45) is 5.92 Å². The second-order valence-corrected chi connectivity index (χ2v) is 10.1. The van der Waals surface area contributed by atoms with E-state index in [0.29, 0.717) is 36.6 Å². The molecule has 1 aliphatic rings. The van der Waals surface area contributed by atoms with Crippen LogP contribution in [0, 0.1) is 5.92 Å². The first kappa shape index (κ1) is 31.3. The molecule has 0 aliphatic carbocycles. The largest absolute Gasteiger partial charge is 0.497 e. The molecule has 2 aromatic rings. The van der Waals surface area contributed by atoms with E-state index in [0.717, 1.165) is 0 Å². The van der Waals surface area contributed by atoms with Crippen LogP contribution in [0.15, 0.2) is 48.5 Å². The van der Waals surface area contributed by atoms with E-state index in [4.69, 9.17) is 14.2 Å². The minimum Gasteiger partial charge on any atom is -0.497 e. The first-order chi connectivity index (χ1) is 19.8. The standard InChI is InChI=1S/C30H40N4O7/c1-20(2)19-25-30(38)31-15-6-17-41-26-8-5-4-7-23(26)28(36)34-24(13-14-27(35)33-25)29(37)32-16-18-40-22-11-9-21(39-3)10-12-22/h4-5,7-12,20,24-25H,6,13-19H2,1-3H3,(H,31,38)(H,32,37)(H,33,35)(H,34,36)/t24-,25+/m0/s1. The van der Waals surface area contributed by atoms with Gasteiger partial charge in [-0.05, 0) is 61.6 Å². The number of hydrogen-bond acceptors (Lipinski definition) is 7. The quantitative estimate of drug-likeness (QED) is 0.358. The highest BCUT2D eigenvalue weighted by Crippen LogP contribution is 2.19. The molecule has 4 N–H and O–H groups in total. The Morgan fingerprint density at radius 1 is 1.05 bits per heavy atom. The van der Waals surface area contributed by atoms with E-state index in [9.17, 15) is 19.2 Å². The molecule has 0 unspecified atom stereocenters. The summed E-state index contributed by atoms with van der Waals surface area (Å²) in [4.78, 5) is 52.0. The highest BCUT2D eigenvalue weighted by atomic mass is 16.5. The molecule has 2 atom stereocenters. The van der Waals surface area contributed by atoms with Gasteiger partial charge in [0.1, 0.15) is 35.9 Å². The first-order valence-corrected chi connectivity index (χ1v) is 13.9. The number of carbonyl (C=O) groups excluding carboxylic acids is 4. The topological polar surface area (TPSA) is 144 Å². The van der Waals surface area contributed by atoms with Gasteiger partial charge >= 0.3 is 0 Å². The van der Waals surface area contributed by atoms with Crippen LogP contribution in [0.2, 0.25) is 0 Å². The summed E-state index contributed by atoms with van der Waals surface area (Å²) in [6.45, 7) is 4.95. The number of benzene rings is 2. The minimum absolute atomic E-state index is 0.0295. The van der Waals surface area contributed by atoms with Gasteiger partial charge in [-0.15, -0.1) is 0 Å². The van der Waals surface area contributed by atoms with Crippen molar-refractivity contribution in [2.75, 3.05) is 33.4 Å². The Balaban J connectivity index is 1.70. The number of carbonyl (C=O) groups is 4. The summed E-state index contributed by atoms with van der Waals surface area (Å²) in [7, 11) is 1.58. The SMILES string of the molecule is COc1ccc(OCCNC(=O)[C@@H]2CCC(=O)N[C@H](CC(C)C)C(=O)NCCCOc3ccccc3C(=O)N2)cc1. The molecular formula is C30H40N4O7. The fraction of sp³-hybridized carbons (Fsp3) is 0.467. The summed E-state index contributed by atoms with van der Waals surface area (Å²) >= 11 is 0. The summed E-state index contributed by atoms with van der Waals surface area (Å²) in [5.74, 6) is 0.268. The highest BCUT2D eigenvalue weighted by molar-refractivity contribution is 5.99. The van der Waals surface area contributed by atoms with Crippen molar-refractivity contribution in [1.29, 1.82) is 0 Å². The number of methoxy groups -OCH3 is 1. The second kappa shape index (κ2) is 16.1. The lowest BCUT2D eigenvalue weighted by Gasteiger charge is -2.22. The molecule has 0 aromatic heterocycles. The van der Waals surface area contributed by atoms with Gasteiger partial charge in [0.15, 0.2) is 0 Å². The van der Waals surface area contributed by atoms with Gasteiger partial charge in [0, 0.05) is 13.0 Å². The highest BCUT2D eigenvalue weighted by Gasteiger charge is 2.26. The molecule has 3 rings (SSSR count). The maximum Gasteiger partial charge on any atom is 0.255 e. The van der Waals surface area contributed by atoms with Gasteiger partial charge in [-0.2, -0.15) is 0 Å². The van der Waals surface area contributed by atoms with Gasteiger partial charge in [0.25, 0.3) is 5.91 Å². The van der Waals surface area contributed by atoms with Crippen LogP contribution in [0.25, 0.3) is 0 Å². The van der Waals surface area contributed by atoms with Crippen LogP contribution < -0.4 is 35.5 Å². The average Bonchev–Trinajstić information content (AvgIpc) is 2.96. The van der Waals surface area contributed by atoms with Gasteiger partial charge in [-0.1, -0.05) is 26.0 Å². The molecule has 1 heterocycles. The molecule has 1 aliphatic heterocycles. The van der Waals surface area contributed by atoms with Crippen LogP contribution in [0.4, 0.5) is 0 Å². The van der Waals surface area contributed by atoms with Crippen LogP contribution in [-0.2, 0) is 14.4 Å². The number of hydrogen-bond donors (Lipinski definition) is 4. The van der Waals surface area contributed by atoms with Gasteiger partial charge in [-0.25, -0.2) is 0 Å². The number of rotatable bonds is 8. The molecule has 0 saturated carbocycles. The van der Waals surface area contributed by atoms with Gasteiger partial charge in [-0.3, -0.25) is 19.2 Å². The lowest BCUT2D eigenvalue weighted by Crippen LogP contribution is -2.50. The maximum absolute atomic E-state index is 13.2. The zero-order valence-electron chi connectivity index (χ0n) is 23.9. The Hall–Kier alpha value is -4.28.